The topological polar surface area (TPSA) is 86.5 Å². The molecule has 1 aliphatic rings. The summed E-state index contributed by atoms with van der Waals surface area (Å²) in [6.07, 6.45) is 6.50. The summed E-state index contributed by atoms with van der Waals surface area (Å²) < 4.78 is 16.1. The Labute approximate surface area is 152 Å². The van der Waals surface area contributed by atoms with E-state index >= 15 is 0 Å². The fraction of sp³-hybridized carbons (Fsp3) is 0.421. The van der Waals surface area contributed by atoms with E-state index in [4.69, 9.17) is 14.0 Å². The van der Waals surface area contributed by atoms with Crippen molar-refractivity contribution in [1.82, 2.24) is 15.5 Å². The Hall–Kier alpha value is -2.83. The van der Waals surface area contributed by atoms with Gasteiger partial charge >= 0.3 is 0 Å². The van der Waals surface area contributed by atoms with Gasteiger partial charge in [-0.15, -0.1) is 0 Å². The van der Waals surface area contributed by atoms with Gasteiger partial charge in [0.2, 0.25) is 5.89 Å². The predicted molar refractivity (Wildman–Crippen MR) is 95.9 cm³/mol. The van der Waals surface area contributed by atoms with Gasteiger partial charge in [0.25, 0.3) is 5.91 Å². The molecule has 0 bridgehead atoms. The molecule has 0 spiro atoms. The molecule has 7 heteroatoms. The van der Waals surface area contributed by atoms with Gasteiger partial charge in [-0.3, -0.25) is 4.79 Å². The fourth-order valence-electron chi connectivity index (χ4n) is 2.97. The molecule has 0 unspecified atom stereocenters. The minimum atomic E-state index is -0.544. The minimum Gasteiger partial charge on any atom is -0.493 e. The van der Waals surface area contributed by atoms with Crippen LogP contribution in [0.25, 0.3) is 6.08 Å². The maximum atomic E-state index is 12.4. The van der Waals surface area contributed by atoms with E-state index in [1.807, 2.05) is 31.2 Å². The minimum absolute atomic E-state index is 0.113. The van der Waals surface area contributed by atoms with Gasteiger partial charge < -0.3 is 19.3 Å². The van der Waals surface area contributed by atoms with Gasteiger partial charge in [0, 0.05) is 6.92 Å². The zero-order valence-electron chi connectivity index (χ0n) is 15.2. The van der Waals surface area contributed by atoms with Crippen molar-refractivity contribution in [3.8, 4) is 11.5 Å². The van der Waals surface area contributed by atoms with Crippen LogP contribution in [0.3, 0.4) is 0 Å². The quantitative estimate of drug-likeness (QED) is 0.820. The fourth-order valence-corrected chi connectivity index (χ4v) is 2.97. The molecule has 0 radical (unpaired) electrons. The van der Waals surface area contributed by atoms with Crippen LogP contribution in [0.15, 0.2) is 28.8 Å². The van der Waals surface area contributed by atoms with Crippen molar-refractivity contribution in [2.45, 2.75) is 38.6 Å². The standard InChI is InChI=1S/C19H23N3O4/c1-4-6-14-7-8-15(16(11-14)24-3)25-12-17(23)21-19(9-5-10-19)18-20-13(2)26-22-18/h4,6-8,11H,5,9-10,12H2,1-3H3,(H,21,23)/b6-4+. The molecular formula is C19H23N3O4. The number of nitrogens with one attached hydrogen (secondary N) is 1. The van der Waals surface area contributed by atoms with E-state index in [1.54, 1.807) is 20.1 Å². The molecule has 2 aromatic rings. The Kier molecular flexibility index (Phi) is 5.25. The van der Waals surface area contributed by atoms with Crippen LogP contribution in [-0.2, 0) is 10.3 Å². The number of benzene rings is 1. The zero-order chi connectivity index (χ0) is 18.6. The number of carbonyl (C=O) groups excluding carboxylic acids is 1. The second kappa shape index (κ2) is 7.59. The highest BCUT2D eigenvalue weighted by molar-refractivity contribution is 5.78. The van der Waals surface area contributed by atoms with Gasteiger partial charge in [0.05, 0.1) is 7.11 Å². The Morgan fingerprint density at radius 1 is 1.38 bits per heavy atom. The first-order chi connectivity index (χ1) is 12.6. The van der Waals surface area contributed by atoms with E-state index in [9.17, 15) is 4.79 Å². The Bertz CT molecular complexity index is 809. The van der Waals surface area contributed by atoms with Crippen molar-refractivity contribution in [2.75, 3.05) is 13.7 Å². The summed E-state index contributed by atoms with van der Waals surface area (Å²) in [6.45, 7) is 3.57. The lowest BCUT2D eigenvalue weighted by Crippen LogP contribution is -2.52. The highest BCUT2D eigenvalue weighted by Gasteiger charge is 2.44. The lowest BCUT2D eigenvalue weighted by atomic mass is 9.76. The molecule has 7 nitrogen and oxygen atoms in total. The summed E-state index contributed by atoms with van der Waals surface area (Å²) in [5.41, 5.74) is 0.458. The van der Waals surface area contributed by atoms with Crippen molar-refractivity contribution < 1.29 is 18.8 Å². The molecule has 1 fully saturated rings. The molecule has 1 aliphatic carbocycles. The normalized spacial score (nSPS) is 15.5. The molecule has 1 aromatic carbocycles. The number of aromatic nitrogens is 2. The average Bonchev–Trinajstić information content (AvgIpc) is 3.03. The van der Waals surface area contributed by atoms with Crippen LogP contribution in [-0.4, -0.2) is 29.8 Å². The van der Waals surface area contributed by atoms with Crippen molar-refractivity contribution in [1.29, 1.82) is 0 Å². The smallest absolute Gasteiger partial charge is 0.258 e. The SMILES string of the molecule is C/C=C/c1ccc(OCC(=O)NC2(c3noc(C)n3)CCC2)c(OC)c1. The number of carbonyl (C=O) groups is 1. The van der Waals surface area contributed by atoms with E-state index in [-0.39, 0.29) is 12.5 Å². The van der Waals surface area contributed by atoms with Gasteiger partial charge in [-0.1, -0.05) is 23.4 Å². The molecule has 26 heavy (non-hydrogen) atoms. The van der Waals surface area contributed by atoms with Crippen LogP contribution in [0.2, 0.25) is 0 Å². The van der Waals surface area contributed by atoms with Gasteiger partial charge in [-0.2, -0.15) is 4.98 Å². The zero-order valence-corrected chi connectivity index (χ0v) is 15.2. The third-order valence-corrected chi connectivity index (χ3v) is 4.45. The van der Waals surface area contributed by atoms with E-state index in [0.717, 1.165) is 24.8 Å². The highest BCUT2D eigenvalue weighted by Crippen LogP contribution is 2.39. The first-order valence-electron chi connectivity index (χ1n) is 8.61. The lowest BCUT2D eigenvalue weighted by molar-refractivity contribution is -0.126. The second-order valence-electron chi connectivity index (χ2n) is 6.32. The monoisotopic (exact) mass is 357 g/mol. The maximum Gasteiger partial charge on any atom is 0.258 e. The molecule has 1 N–H and O–H groups in total. The molecule has 138 valence electrons. The van der Waals surface area contributed by atoms with Crippen LogP contribution in [0, 0.1) is 6.92 Å². The molecule has 1 amide bonds. The second-order valence-corrected chi connectivity index (χ2v) is 6.32. The molecule has 1 heterocycles. The number of hydrogen-bond donors (Lipinski definition) is 1. The summed E-state index contributed by atoms with van der Waals surface area (Å²) in [5, 5.41) is 6.97. The summed E-state index contributed by atoms with van der Waals surface area (Å²) in [6, 6.07) is 5.57. The van der Waals surface area contributed by atoms with Gasteiger partial charge in [0.1, 0.15) is 5.54 Å². The molecule has 0 atom stereocenters. The van der Waals surface area contributed by atoms with Crippen molar-refractivity contribution in [3.05, 3.63) is 41.6 Å². The Morgan fingerprint density at radius 3 is 2.77 bits per heavy atom. The molecular weight excluding hydrogens is 334 g/mol. The van der Waals surface area contributed by atoms with Crippen molar-refractivity contribution >= 4 is 12.0 Å². The molecule has 1 saturated carbocycles. The molecule has 1 aromatic heterocycles. The number of amides is 1. The van der Waals surface area contributed by atoms with E-state index in [0.29, 0.717) is 23.2 Å². The first kappa shape index (κ1) is 18.0. The summed E-state index contributed by atoms with van der Waals surface area (Å²) in [5.74, 6) is 1.90. The molecule has 3 rings (SSSR count). The Morgan fingerprint density at radius 2 is 2.19 bits per heavy atom. The third kappa shape index (κ3) is 3.71. The number of aryl methyl sites for hydroxylation is 1. The molecule has 0 aliphatic heterocycles. The third-order valence-electron chi connectivity index (χ3n) is 4.45. The van der Waals surface area contributed by atoms with Crippen LogP contribution in [0.4, 0.5) is 0 Å². The van der Waals surface area contributed by atoms with Crippen LogP contribution in [0.5, 0.6) is 11.5 Å². The summed E-state index contributed by atoms with van der Waals surface area (Å²) in [4.78, 5) is 16.7. The average molecular weight is 357 g/mol. The van der Waals surface area contributed by atoms with Crippen LogP contribution >= 0.6 is 0 Å². The number of methoxy groups -OCH3 is 1. The first-order valence-corrected chi connectivity index (χ1v) is 8.61. The lowest BCUT2D eigenvalue weighted by Gasteiger charge is -2.39. The van der Waals surface area contributed by atoms with E-state index in [2.05, 4.69) is 15.5 Å². The maximum absolute atomic E-state index is 12.4. The van der Waals surface area contributed by atoms with E-state index < -0.39 is 5.54 Å². The number of hydrogen-bond acceptors (Lipinski definition) is 6. The van der Waals surface area contributed by atoms with Crippen molar-refractivity contribution in [2.24, 2.45) is 0 Å². The summed E-state index contributed by atoms with van der Waals surface area (Å²) >= 11 is 0. The number of rotatable bonds is 7. The predicted octanol–water partition coefficient (Wildman–Crippen LogP) is 2.99. The number of allylic oxidation sites excluding steroid dienone is 1. The number of ether oxygens (including phenoxy) is 2. The van der Waals surface area contributed by atoms with Gasteiger partial charge in [0.15, 0.2) is 23.9 Å². The molecule has 0 saturated heterocycles. The largest absolute Gasteiger partial charge is 0.493 e. The van der Waals surface area contributed by atoms with Gasteiger partial charge in [-0.25, -0.2) is 0 Å². The number of nitrogens with zero attached hydrogens (tertiary/aromatic N) is 2. The summed E-state index contributed by atoms with van der Waals surface area (Å²) in [7, 11) is 1.57. The van der Waals surface area contributed by atoms with Crippen LogP contribution < -0.4 is 14.8 Å². The van der Waals surface area contributed by atoms with E-state index in [1.165, 1.54) is 0 Å². The Balaban J connectivity index is 1.64. The van der Waals surface area contributed by atoms with Gasteiger partial charge in [-0.05, 0) is 43.9 Å². The van der Waals surface area contributed by atoms with Crippen LogP contribution in [0.1, 0.15) is 43.5 Å². The highest BCUT2D eigenvalue weighted by atomic mass is 16.5. The van der Waals surface area contributed by atoms with Crippen molar-refractivity contribution in [3.63, 3.8) is 0 Å².